The van der Waals surface area contributed by atoms with Crippen molar-refractivity contribution in [2.45, 2.75) is 38.1 Å². The van der Waals surface area contributed by atoms with Gasteiger partial charge in [0.2, 0.25) is 11.0 Å². The third-order valence-corrected chi connectivity index (χ3v) is 3.63. The molecule has 16 heavy (non-hydrogen) atoms. The number of amides is 1. The van der Waals surface area contributed by atoms with Crippen LogP contribution in [0, 0.1) is 5.92 Å². The molecule has 1 heterocycles. The van der Waals surface area contributed by atoms with Crippen LogP contribution in [0.4, 0.5) is 5.13 Å². The molecular formula is C10H16N4OS. The van der Waals surface area contributed by atoms with Crippen molar-refractivity contribution >= 4 is 22.4 Å². The van der Waals surface area contributed by atoms with E-state index in [0.29, 0.717) is 17.5 Å². The van der Waals surface area contributed by atoms with E-state index < -0.39 is 0 Å². The lowest BCUT2D eigenvalue weighted by atomic mass is 9.83. The van der Waals surface area contributed by atoms with E-state index >= 15 is 0 Å². The average Bonchev–Trinajstić information content (AvgIpc) is 2.74. The van der Waals surface area contributed by atoms with Crippen LogP contribution in [0.3, 0.4) is 0 Å². The van der Waals surface area contributed by atoms with Gasteiger partial charge < -0.3 is 11.1 Å². The van der Waals surface area contributed by atoms with Crippen LogP contribution >= 0.6 is 11.3 Å². The maximum Gasteiger partial charge on any atom is 0.226 e. The van der Waals surface area contributed by atoms with Gasteiger partial charge >= 0.3 is 0 Å². The highest BCUT2D eigenvalue weighted by atomic mass is 32.1. The molecule has 0 spiro atoms. The third-order valence-electron chi connectivity index (χ3n) is 3.02. The Bertz CT molecular complexity index is 341. The molecule has 0 radical (unpaired) electrons. The van der Waals surface area contributed by atoms with Crippen molar-refractivity contribution in [3.8, 4) is 0 Å². The molecule has 0 aliphatic heterocycles. The fourth-order valence-electron chi connectivity index (χ4n) is 2.13. The summed E-state index contributed by atoms with van der Waals surface area (Å²) in [5.74, 6) is 0.320. The fraction of sp³-hybridized carbons (Fsp3) is 0.700. The van der Waals surface area contributed by atoms with Gasteiger partial charge in [0.15, 0.2) is 0 Å². The van der Waals surface area contributed by atoms with Gasteiger partial charge in [-0.1, -0.05) is 24.2 Å². The summed E-state index contributed by atoms with van der Waals surface area (Å²) < 4.78 is 0. The van der Waals surface area contributed by atoms with Crippen LogP contribution in [0.25, 0.3) is 0 Å². The third kappa shape index (κ3) is 2.99. The molecule has 1 aliphatic rings. The number of hydrogen-bond donors (Lipinski definition) is 2. The summed E-state index contributed by atoms with van der Waals surface area (Å²) in [6, 6.07) is 0.175. The summed E-state index contributed by atoms with van der Waals surface area (Å²) in [5, 5.41) is 10.7. The number of hydrogen-bond acceptors (Lipinski definition) is 5. The summed E-state index contributed by atoms with van der Waals surface area (Å²) in [6.45, 7) is 0. The molecule has 2 rings (SSSR count). The number of nitrogens with two attached hydrogens (primary N) is 1. The Morgan fingerprint density at radius 2 is 2.38 bits per heavy atom. The van der Waals surface area contributed by atoms with E-state index in [4.69, 9.17) is 5.73 Å². The lowest BCUT2D eigenvalue weighted by molar-refractivity contribution is -0.117. The second-order valence-corrected chi connectivity index (χ2v) is 5.04. The van der Waals surface area contributed by atoms with Crippen molar-refractivity contribution in [2.24, 2.45) is 11.7 Å². The van der Waals surface area contributed by atoms with Crippen molar-refractivity contribution < 1.29 is 4.79 Å². The molecule has 1 saturated carbocycles. The van der Waals surface area contributed by atoms with Crippen LogP contribution < -0.4 is 11.1 Å². The molecule has 3 N–H and O–H groups in total. The van der Waals surface area contributed by atoms with Gasteiger partial charge in [-0.15, -0.1) is 10.2 Å². The molecule has 1 amide bonds. The van der Waals surface area contributed by atoms with Crippen LogP contribution in [0.2, 0.25) is 0 Å². The van der Waals surface area contributed by atoms with Crippen LogP contribution in [-0.2, 0) is 4.79 Å². The fourth-order valence-corrected chi connectivity index (χ4v) is 2.59. The minimum Gasteiger partial charge on any atom is -0.327 e. The van der Waals surface area contributed by atoms with Crippen LogP contribution in [-0.4, -0.2) is 22.1 Å². The van der Waals surface area contributed by atoms with Gasteiger partial charge in [-0.2, -0.15) is 0 Å². The van der Waals surface area contributed by atoms with Crippen LogP contribution in [0.15, 0.2) is 5.51 Å². The zero-order valence-corrected chi connectivity index (χ0v) is 9.87. The van der Waals surface area contributed by atoms with E-state index in [1.54, 1.807) is 5.51 Å². The first-order valence-electron chi connectivity index (χ1n) is 5.57. The van der Waals surface area contributed by atoms with Crippen LogP contribution in [0.1, 0.15) is 32.1 Å². The van der Waals surface area contributed by atoms with Crippen molar-refractivity contribution in [1.82, 2.24) is 10.2 Å². The predicted octanol–water partition coefficient (Wildman–Crippen LogP) is 1.38. The zero-order chi connectivity index (χ0) is 11.4. The van der Waals surface area contributed by atoms with Crippen molar-refractivity contribution in [3.05, 3.63) is 5.51 Å². The molecule has 5 nitrogen and oxygen atoms in total. The average molecular weight is 240 g/mol. The quantitative estimate of drug-likeness (QED) is 0.836. The molecular weight excluding hydrogens is 224 g/mol. The minimum atomic E-state index is -0.000833. The van der Waals surface area contributed by atoms with Gasteiger partial charge in [-0.25, -0.2) is 0 Å². The highest BCUT2D eigenvalue weighted by Gasteiger charge is 2.24. The predicted molar refractivity (Wildman–Crippen MR) is 63.1 cm³/mol. The molecule has 2 atom stereocenters. The number of anilines is 1. The number of aromatic nitrogens is 2. The Labute approximate surface area is 98.4 Å². The standard InChI is InChI=1S/C10H16N4OS/c11-8-4-2-1-3-7(8)5-9(15)13-10-14-12-6-16-10/h6-8H,1-5,11H2,(H,13,14,15). The lowest BCUT2D eigenvalue weighted by Gasteiger charge is -2.27. The second kappa shape index (κ2) is 5.36. The van der Waals surface area contributed by atoms with Gasteiger partial charge in [-0.05, 0) is 18.8 Å². The number of nitrogens with zero attached hydrogens (tertiary/aromatic N) is 2. The second-order valence-electron chi connectivity index (χ2n) is 4.20. The van der Waals surface area contributed by atoms with E-state index in [1.165, 1.54) is 24.2 Å². The maximum absolute atomic E-state index is 11.7. The van der Waals surface area contributed by atoms with E-state index in [1.807, 2.05) is 0 Å². The topological polar surface area (TPSA) is 80.9 Å². The maximum atomic E-state index is 11.7. The van der Waals surface area contributed by atoms with Crippen molar-refractivity contribution in [2.75, 3.05) is 5.32 Å². The first-order chi connectivity index (χ1) is 7.75. The smallest absolute Gasteiger partial charge is 0.226 e. The van der Waals surface area contributed by atoms with E-state index in [0.717, 1.165) is 12.8 Å². The van der Waals surface area contributed by atoms with Gasteiger partial charge in [-0.3, -0.25) is 4.79 Å². The van der Waals surface area contributed by atoms with E-state index in [2.05, 4.69) is 15.5 Å². The molecule has 0 saturated heterocycles. The van der Waals surface area contributed by atoms with Gasteiger partial charge in [0.25, 0.3) is 0 Å². The van der Waals surface area contributed by atoms with Gasteiger partial charge in [0, 0.05) is 12.5 Å². The summed E-state index contributed by atoms with van der Waals surface area (Å²) in [5.41, 5.74) is 7.59. The summed E-state index contributed by atoms with van der Waals surface area (Å²) in [7, 11) is 0. The Kier molecular flexibility index (Phi) is 3.84. The largest absolute Gasteiger partial charge is 0.327 e. The Hall–Kier alpha value is -1.01. The number of carbonyl (C=O) groups is 1. The van der Waals surface area contributed by atoms with Crippen molar-refractivity contribution in [3.63, 3.8) is 0 Å². The Balaban J connectivity index is 1.82. The molecule has 1 fully saturated rings. The highest BCUT2D eigenvalue weighted by molar-refractivity contribution is 7.13. The SMILES string of the molecule is NC1CCCCC1CC(=O)Nc1nncs1. The van der Waals surface area contributed by atoms with Crippen LogP contribution in [0.5, 0.6) is 0 Å². The van der Waals surface area contributed by atoms with Crippen molar-refractivity contribution in [1.29, 1.82) is 0 Å². The number of nitrogens with one attached hydrogen (secondary N) is 1. The number of rotatable bonds is 3. The molecule has 0 bridgehead atoms. The number of carbonyl (C=O) groups excluding carboxylic acids is 1. The van der Waals surface area contributed by atoms with E-state index in [-0.39, 0.29) is 11.9 Å². The summed E-state index contributed by atoms with van der Waals surface area (Å²) >= 11 is 1.33. The van der Waals surface area contributed by atoms with E-state index in [9.17, 15) is 4.79 Å². The summed E-state index contributed by atoms with van der Waals surface area (Å²) in [4.78, 5) is 11.7. The molecule has 2 unspecified atom stereocenters. The highest BCUT2D eigenvalue weighted by Crippen LogP contribution is 2.26. The first-order valence-corrected chi connectivity index (χ1v) is 6.45. The Morgan fingerprint density at radius 1 is 1.56 bits per heavy atom. The monoisotopic (exact) mass is 240 g/mol. The lowest BCUT2D eigenvalue weighted by Crippen LogP contribution is -2.35. The molecule has 0 aromatic carbocycles. The summed E-state index contributed by atoms with van der Waals surface area (Å²) in [6.07, 6.45) is 4.97. The van der Waals surface area contributed by atoms with Gasteiger partial charge in [0.1, 0.15) is 5.51 Å². The molecule has 88 valence electrons. The zero-order valence-electron chi connectivity index (χ0n) is 9.06. The molecule has 6 heteroatoms. The molecule has 1 aliphatic carbocycles. The minimum absolute atomic E-state index is 0.000833. The normalized spacial score (nSPS) is 25.3. The first kappa shape index (κ1) is 11.5. The molecule has 1 aromatic heterocycles. The Morgan fingerprint density at radius 3 is 3.06 bits per heavy atom. The molecule has 1 aromatic rings. The van der Waals surface area contributed by atoms with Gasteiger partial charge in [0.05, 0.1) is 0 Å².